The summed E-state index contributed by atoms with van der Waals surface area (Å²) in [6.45, 7) is 5.61. The van der Waals surface area contributed by atoms with Crippen LogP contribution in [0.5, 0.6) is 11.5 Å². The molecule has 0 aliphatic heterocycles. The molecule has 1 fully saturated rings. The molecular formula is C23H38N4O3. The number of hydrogen-bond acceptors (Lipinski definition) is 4. The molecule has 0 spiro atoms. The first-order valence-corrected chi connectivity index (χ1v) is 10.6. The third kappa shape index (κ3) is 5.37. The van der Waals surface area contributed by atoms with Gasteiger partial charge in [-0.25, -0.2) is 0 Å². The highest BCUT2D eigenvalue weighted by Gasteiger charge is 2.42. The number of methoxy groups -OCH3 is 2. The molecule has 0 heterocycles. The van der Waals surface area contributed by atoms with E-state index in [-0.39, 0.29) is 16.7 Å². The summed E-state index contributed by atoms with van der Waals surface area (Å²) in [5.41, 5.74) is 0.639. The number of aliphatic imine (C=N–C) groups is 1. The monoisotopic (exact) mass is 418 g/mol. The van der Waals surface area contributed by atoms with Crippen molar-refractivity contribution in [3.05, 3.63) is 23.8 Å². The Morgan fingerprint density at radius 1 is 1.13 bits per heavy atom. The lowest BCUT2D eigenvalue weighted by Gasteiger charge is -2.32. The summed E-state index contributed by atoms with van der Waals surface area (Å²) < 4.78 is 10.8. The van der Waals surface area contributed by atoms with E-state index >= 15 is 0 Å². The molecule has 1 amide bonds. The zero-order chi connectivity index (χ0) is 22.4. The van der Waals surface area contributed by atoms with E-state index in [1.165, 1.54) is 0 Å². The topological polar surface area (TPSA) is 75.2 Å². The number of rotatable bonds is 8. The van der Waals surface area contributed by atoms with Crippen LogP contribution in [0.15, 0.2) is 23.2 Å². The zero-order valence-corrected chi connectivity index (χ0v) is 19.6. The van der Waals surface area contributed by atoms with Crippen molar-refractivity contribution < 1.29 is 14.3 Å². The average Bonchev–Trinajstić information content (AvgIpc) is 3.22. The zero-order valence-electron chi connectivity index (χ0n) is 19.6. The number of hydrogen-bond donors (Lipinski definition) is 2. The first-order valence-electron chi connectivity index (χ1n) is 10.6. The van der Waals surface area contributed by atoms with Gasteiger partial charge in [0.05, 0.1) is 19.6 Å². The molecule has 0 unspecified atom stereocenters. The summed E-state index contributed by atoms with van der Waals surface area (Å²) in [4.78, 5) is 18.9. The maximum atomic E-state index is 12.8. The molecule has 0 saturated heterocycles. The molecule has 0 bridgehead atoms. The number of nitrogens with zero attached hydrogens (tertiary/aromatic N) is 2. The smallest absolute Gasteiger partial charge is 0.230 e. The molecule has 1 aromatic rings. The number of benzene rings is 1. The highest BCUT2D eigenvalue weighted by atomic mass is 16.5. The van der Waals surface area contributed by atoms with E-state index in [0.29, 0.717) is 19.0 Å². The quantitative estimate of drug-likeness (QED) is 0.502. The van der Waals surface area contributed by atoms with Gasteiger partial charge in [-0.3, -0.25) is 9.79 Å². The first-order chi connectivity index (χ1) is 14.2. The van der Waals surface area contributed by atoms with Gasteiger partial charge in [0.15, 0.2) is 17.5 Å². The molecular weight excluding hydrogens is 380 g/mol. The minimum absolute atomic E-state index is 0.165. The van der Waals surface area contributed by atoms with Crippen LogP contribution in [0.2, 0.25) is 0 Å². The van der Waals surface area contributed by atoms with Crippen molar-refractivity contribution in [3.63, 3.8) is 0 Å². The second-order valence-corrected chi connectivity index (χ2v) is 8.92. The van der Waals surface area contributed by atoms with Crippen molar-refractivity contribution in [2.24, 2.45) is 10.4 Å². The molecule has 0 radical (unpaired) electrons. The average molecular weight is 419 g/mol. The third-order valence-electron chi connectivity index (χ3n) is 6.10. The van der Waals surface area contributed by atoms with Crippen molar-refractivity contribution >= 4 is 11.9 Å². The lowest BCUT2D eigenvalue weighted by atomic mass is 9.84. The van der Waals surface area contributed by atoms with E-state index in [1.54, 1.807) is 26.2 Å². The van der Waals surface area contributed by atoms with Crippen LogP contribution in [-0.2, 0) is 10.2 Å². The number of carbonyl (C=O) groups excluding carboxylic acids is 1. The molecule has 1 saturated carbocycles. The summed E-state index contributed by atoms with van der Waals surface area (Å²) in [7, 11) is 8.71. The second kappa shape index (κ2) is 10.0. The lowest BCUT2D eigenvalue weighted by Crippen LogP contribution is -2.50. The van der Waals surface area contributed by atoms with Gasteiger partial charge in [0, 0.05) is 39.6 Å². The van der Waals surface area contributed by atoms with Crippen LogP contribution in [-0.4, -0.2) is 65.2 Å². The Bertz CT molecular complexity index is 753. The van der Waals surface area contributed by atoms with E-state index in [0.717, 1.165) is 42.7 Å². The summed E-state index contributed by atoms with van der Waals surface area (Å²) in [6, 6.07) is 6.00. The van der Waals surface area contributed by atoms with Gasteiger partial charge in [-0.1, -0.05) is 32.8 Å². The van der Waals surface area contributed by atoms with Gasteiger partial charge in [0.1, 0.15) is 0 Å². The molecule has 1 aromatic carbocycles. The molecule has 1 aliphatic carbocycles. The van der Waals surface area contributed by atoms with Crippen molar-refractivity contribution in [3.8, 4) is 11.5 Å². The molecule has 2 N–H and O–H groups in total. The fourth-order valence-corrected chi connectivity index (χ4v) is 4.13. The van der Waals surface area contributed by atoms with Gasteiger partial charge in [-0.05, 0) is 30.5 Å². The highest BCUT2D eigenvalue weighted by molar-refractivity contribution is 5.85. The van der Waals surface area contributed by atoms with Crippen LogP contribution in [0.3, 0.4) is 0 Å². The predicted molar refractivity (Wildman–Crippen MR) is 122 cm³/mol. The number of guanidine groups is 1. The number of carbonyl (C=O) groups is 1. The largest absolute Gasteiger partial charge is 0.493 e. The fraction of sp³-hybridized carbons (Fsp3) is 0.652. The van der Waals surface area contributed by atoms with Gasteiger partial charge in [0.25, 0.3) is 0 Å². The second-order valence-electron chi connectivity index (χ2n) is 8.92. The molecule has 168 valence electrons. The maximum absolute atomic E-state index is 12.8. The highest BCUT2D eigenvalue weighted by Crippen LogP contribution is 2.39. The first kappa shape index (κ1) is 23.8. The normalized spacial score (nSPS) is 16.2. The van der Waals surface area contributed by atoms with Crippen molar-refractivity contribution in [2.75, 3.05) is 48.5 Å². The molecule has 7 nitrogen and oxygen atoms in total. The van der Waals surface area contributed by atoms with E-state index in [4.69, 9.17) is 9.47 Å². The predicted octanol–water partition coefficient (Wildman–Crippen LogP) is 2.80. The minimum Gasteiger partial charge on any atom is -0.493 e. The summed E-state index contributed by atoms with van der Waals surface area (Å²) in [5, 5.41) is 6.83. The van der Waals surface area contributed by atoms with Gasteiger partial charge in [-0.15, -0.1) is 0 Å². The van der Waals surface area contributed by atoms with Gasteiger partial charge >= 0.3 is 0 Å². The van der Waals surface area contributed by atoms with Gasteiger partial charge in [0.2, 0.25) is 5.91 Å². The minimum atomic E-state index is -0.333. The Morgan fingerprint density at radius 3 is 2.30 bits per heavy atom. The maximum Gasteiger partial charge on any atom is 0.230 e. The molecule has 7 heteroatoms. The summed E-state index contributed by atoms with van der Waals surface area (Å²) >= 11 is 0. The van der Waals surface area contributed by atoms with E-state index in [2.05, 4.69) is 35.5 Å². The lowest BCUT2D eigenvalue weighted by molar-refractivity contribution is -0.138. The number of nitrogens with one attached hydrogen (secondary N) is 2. The van der Waals surface area contributed by atoms with Gasteiger partial charge in [-0.2, -0.15) is 0 Å². The van der Waals surface area contributed by atoms with Crippen LogP contribution < -0.4 is 20.1 Å². The van der Waals surface area contributed by atoms with Gasteiger partial charge < -0.3 is 25.0 Å². The van der Waals surface area contributed by atoms with Crippen LogP contribution >= 0.6 is 0 Å². The van der Waals surface area contributed by atoms with Crippen molar-refractivity contribution in [2.45, 2.75) is 44.9 Å². The van der Waals surface area contributed by atoms with Crippen LogP contribution in [0.25, 0.3) is 0 Å². The number of ether oxygens (including phenoxy) is 2. The number of amides is 1. The van der Waals surface area contributed by atoms with E-state index in [9.17, 15) is 4.79 Å². The Kier molecular flexibility index (Phi) is 7.98. The van der Waals surface area contributed by atoms with Crippen LogP contribution in [0.1, 0.15) is 45.1 Å². The molecule has 1 aliphatic rings. The third-order valence-corrected chi connectivity index (χ3v) is 6.10. The summed E-state index contributed by atoms with van der Waals surface area (Å²) in [6.07, 6.45) is 4.04. The molecule has 0 aromatic heterocycles. The van der Waals surface area contributed by atoms with Crippen molar-refractivity contribution in [1.29, 1.82) is 0 Å². The van der Waals surface area contributed by atoms with Crippen LogP contribution in [0.4, 0.5) is 0 Å². The Hall–Kier alpha value is -2.44. The standard InChI is InChI=1S/C23H38N4O3/c1-22(2,17-10-11-18(29-6)19(14-17)30-7)15-25-21(24-3)26-16-23(12-8-9-13-23)20(28)27(4)5/h10-11,14H,8-9,12-13,15-16H2,1-7H3,(H2,24,25,26). The Morgan fingerprint density at radius 2 is 1.77 bits per heavy atom. The van der Waals surface area contributed by atoms with E-state index < -0.39 is 0 Å². The molecule has 30 heavy (non-hydrogen) atoms. The SMILES string of the molecule is CN=C(NCC1(C(=O)N(C)C)CCCC1)NCC(C)(C)c1ccc(OC)c(OC)c1. The van der Waals surface area contributed by atoms with Crippen molar-refractivity contribution in [1.82, 2.24) is 15.5 Å². The fourth-order valence-electron chi connectivity index (χ4n) is 4.13. The molecule has 2 rings (SSSR count). The van der Waals surface area contributed by atoms with Crippen LogP contribution in [0, 0.1) is 5.41 Å². The Labute approximate surface area is 181 Å². The summed E-state index contributed by atoms with van der Waals surface area (Å²) in [5.74, 6) is 2.35. The van der Waals surface area contributed by atoms with E-state index in [1.807, 2.05) is 26.2 Å². The molecule has 0 atom stereocenters. The Balaban J connectivity index is 2.03.